The summed E-state index contributed by atoms with van der Waals surface area (Å²) >= 11 is 6.71. The van der Waals surface area contributed by atoms with Crippen LogP contribution in [0.4, 0.5) is 0 Å². The number of aliphatic hydroxyl groups is 2. The minimum atomic E-state index is -1.13. The fraction of sp³-hybridized carbons (Fsp3) is 0.667. The zero-order chi connectivity index (χ0) is 12.0. The Morgan fingerprint density at radius 2 is 1.00 bits per heavy atom. The molecular formula is C6H12Li2O6S2. The first-order chi connectivity index (χ1) is 6.45. The van der Waals surface area contributed by atoms with E-state index in [0.29, 0.717) is 0 Å². The van der Waals surface area contributed by atoms with E-state index >= 15 is 0 Å². The molecule has 0 aliphatic carbocycles. The average molecular weight is 258 g/mol. The maximum Gasteiger partial charge on any atom is 1.00 e. The first-order valence-electron chi connectivity index (χ1n) is 3.29. The van der Waals surface area contributed by atoms with Gasteiger partial charge in [0.25, 0.3) is 0 Å². The summed E-state index contributed by atoms with van der Waals surface area (Å²) in [6, 6.07) is 0. The Bertz CT molecular complexity index is 133. The summed E-state index contributed by atoms with van der Waals surface area (Å²) in [5, 5.41) is 33.6. The van der Waals surface area contributed by atoms with Crippen LogP contribution in [0.3, 0.4) is 0 Å². The second-order valence-electron chi connectivity index (χ2n) is 1.51. The Kier molecular flexibility index (Phi) is 55.8. The van der Waals surface area contributed by atoms with Crippen molar-refractivity contribution in [2.24, 2.45) is 0 Å². The van der Waals surface area contributed by atoms with Gasteiger partial charge in [-0.25, -0.2) is 0 Å². The molecule has 0 aromatic carbocycles. The molecule has 6 nitrogen and oxygen atoms in total. The smallest absolute Gasteiger partial charge is 0.549 e. The van der Waals surface area contributed by atoms with Gasteiger partial charge >= 0.3 is 37.7 Å². The number of aliphatic hydroxyl groups excluding tert-OH is 2. The molecule has 0 unspecified atom stereocenters. The summed E-state index contributed by atoms with van der Waals surface area (Å²) in [5.41, 5.74) is 0. The first kappa shape index (κ1) is 30.1. The molecule has 0 radical (unpaired) electrons. The molecule has 0 aromatic rings. The Morgan fingerprint density at radius 3 is 1.00 bits per heavy atom. The predicted octanol–water partition coefficient (Wildman–Crippen LogP) is -9.69. The molecule has 10 heteroatoms. The zero-order valence-electron chi connectivity index (χ0n) is 9.25. The molecule has 0 saturated carbocycles. The predicted molar refractivity (Wildman–Crippen MR) is 51.9 cm³/mol. The van der Waals surface area contributed by atoms with Crippen LogP contribution < -0.4 is 47.9 Å². The minimum Gasteiger partial charge on any atom is -0.549 e. The normalized spacial score (nSPS) is 6.50. The number of hydrogen-bond donors (Lipinski definition) is 4. The van der Waals surface area contributed by atoms with Crippen LogP contribution in [0.5, 0.6) is 0 Å². The molecule has 0 amide bonds. The van der Waals surface area contributed by atoms with Crippen molar-refractivity contribution in [2.75, 3.05) is 24.7 Å². The number of rotatable bonds is 3. The van der Waals surface area contributed by atoms with Gasteiger partial charge in [0.15, 0.2) is 0 Å². The number of thiol groups is 2. The van der Waals surface area contributed by atoms with Crippen molar-refractivity contribution in [1.82, 2.24) is 0 Å². The SMILES string of the molecule is O=C([O-])CS.O=C([O-])CS.OCCO.[Li+].[Li+]. The van der Waals surface area contributed by atoms with Gasteiger partial charge in [-0.15, -0.1) is 0 Å². The quantitative estimate of drug-likeness (QED) is 0.295. The molecule has 16 heavy (non-hydrogen) atoms. The molecule has 0 saturated heterocycles. The fourth-order valence-corrected chi connectivity index (χ4v) is 0. The molecular weight excluding hydrogens is 246 g/mol. The third kappa shape index (κ3) is 84.3. The van der Waals surface area contributed by atoms with Crippen molar-refractivity contribution in [2.45, 2.75) is 0 Å². The molecule has 0 rings (SSSR count). The van der Waals surface area contributed by atoms with E-state index < -0.39 is 11.9 Å². The number of carbonyl (C=O) groups excluding carboxylic acids is 2. The van der Waals surface area contributed by atoms with Crippen molar-refractivity contribution >= 4 is 37.2 Å². The number of carboxylic acids is 2. The van der Waals surface area contributed by atoms with Crippen LogP contribution in [0.1, 0.15) is 0 Å². The van der Waals surface area contributed by atoms with Crippen LogP contribution in [-0.4, -0.2) is 46.9 Å². The topological polar surface area (TPSA) is 121 Å². The molecule has 2 N–H and O–H groups in total. The molecule has 86 valence electrons. The number of carbonyl (C=O) groups is 2. The molecule has 0 aliphatic heterocycles. The number of hydrogen-bond acceptors (Lipinski definition) is 8. The molecule has 0 atom stereocenters. The van der Waals surface area contributed by atoms with E-state index in [1.165, 1.54) is 0 Å². The summed E-state index contributed by atoms with van der Waals surface area (Å²) in [6.07, 6.45) is 0. The van der Waals surface area contributed by atoms with E-state index in [0.717, 1.165) is 0 Å². The van der Waals surface area contributed by atoms with Gasteiger partial charge in [-0.1, -0.05) is 0 Å². The monoisotopic (exact) mass is 258 g/mol. The van der Waals surface area contributed by atoms with Gasteiger partial charge in [0.2, 0.25) is 0 Å². The van der Waals surface area contributed by atoms with Gasteiger partial charge in [0.1, 0.15) is 0 Å². The second-order valence-corrected chi connectivity index (χ2v) is 2.14. The molecule has 0 aromatic heterocycles. The summed E-state index contributed by atoms with van der Waals surface area (Å²) in [4.78, 5) is 18.4. The summed E-state index contributed by atoms with van der Waals surface area (Å²) in [7, 11) is 0. The van der Waals surface area contributed by atoms with E-state index in [9.17, 15) is 19.8 Å². The largest absolute Gasteiger partial charge is 1.00 e. The first-order valence-corrected chi connectivity index (χ1v) is 4.55. The van der Waals surface area contributed by atoms with Crippen LogP contribution in [-0.2, 0) is 9.59 Å². The molecule has 0 fully saturated rings. The average Bonchev–Trinajstić information content (AvgIpc) is 2.19. The van der Waals surface area contributed by atoms with Gasteiger partial charge in [0.05, 0.1) is 25.2 Å². The number of carboxylic acid groups (broad SMARTS) is 2. The standard InChI is InChI=1S/2C2H4O2S.C2H6O2.2Li/c2*3-2(4)1-5;3-1-2-4;;/h2*5H,1H2,(H,3,4);3-4H,1-2H2;;/q;;;2*+1/p-2. The van der Waals surface area contributed by atoms with E-state index in [1.54, 1.807) is 0 Å². The van der Waals surface area contributed by atoms with Crippen molar-refractivity contribution in [3.8, 4) is 0 Å². The van der Waals surface area contributed by atoms with Crippen molar-refractivity contribution in [3.05, 3.63) is 0 Å². The second kappa shape index (κ2) is 29.7. The van der Waals surface area contributed by atoms with Crippen molar-refractivity contribution in [3.63, 3.8) is 0 Å². The Balaban J connectivity index is -0.0000000358. The van der Waals surface area contributed by atoms with Gasteiger partial charge in [-0.05, 0) is 0 Å². The van der Waals surface area contributed by atoms with Crippen LogP contribution in [0.15, 0.2) is 0 Å². The molecule has 0 aliphatic rings. The maximum absolute atomic E-state index is 9.18. The Hall–Kier alpha value is 0.755. The fourth-order valence-electron chi connectivity index (χ4n) is 0. The zero-order valence-corrected chi connectivity index (χ0v) is 11.0. The summed E-state index contributed by atoms with van der Waals surface area (Å²) < 4.78 is 0. The van der Waals surface area contributed by atoms with Crippen molar-refractivity contribution < 1.29 is 67.7 Å². The van der Waals surface area contributed by atoms with Gasteiger partial charge < -0.3 is 30.0 Å². The van der Waals surface area contributed by atoms with E-state index in [1.807, 2.05) is 0 Å². The molecule has 0 heterocycles. The van der Waals surface area contributed by atoms with Gasteiger partial charge in [-0.2, -0.15) is 25.3 Å². The third-order valence-corrected chi connectivity index (χ3v) is 0.875. The van der Waals surface area contributed by atoms with Crippen molar-refractivity contribution in [1.29, 1.82) is 0 Å². The Morgan fingerprint density at radius 1 is 0.875 bits per heavy atom. The molecule has 0 spiro atoms. The van der Waals surface area contributed by atoms with Crippen LogP contribution in [0.25, 0.3) is 0 Å². The minimum absolute atomic E-state index is 0. The molecule has 0 bridgehead atoms. The maximum atomic E-state index is 9.18. The number of aliphatic carboxylic acids is 2. The van der Waals surface area contributed by atoms with Crippen LogP contribution in [0, 0.1) is 0 Å². The van der Waals surface area contributed by atoms with E-state index in [-0.39, 0.29) is 62.4 Å². The van der Waals surface area contributed by atoms with Crippen LogP contribution >= 0.6 is 25.3 Å². The summed E-state index contributed by atoms with van der Waals surface area (Å²) in [6.45, 7) is -0.250. The van der Waals surface area contributed by atoms with Crippen LogP contribution in [0.2, 0.25) is 0 Å². The Labute approximate surface area is 129 Å². The van der Waals surface area contributed by atoms with Gasteiger partial charge in [0, 0.05) is 11.5 Å². The third-order valence-electron chi connectivity index (χ3n) is 0.358. The van der Waals surface area contributed by atoms with E-state index in [2.05, 4.69) is 25.3 Å². The summed E-state index contributed by atoms with van der Waals surface area (Å²) in [5.74, 6) is -2.65. The van der Waals surface area contributed by atoms with Gasteiger partial charge in [-0.3, -0.25) is 0 Å². The van der Waals surface area contributed by atoms with E-state index in [4.69, 9.17) is 10.2 Å².